The van der Waals surface area contributed by atoms with Crippen LogP contribution in [0, 0.1) is 5.82 Å². The quantitative estimate of drug-likeness (QED) is 0.807. The van der Waals surface area contributed by atoms with E-state index in [1.165, 1.54) is 12.1 Å². The van der Waals surface area contributed by atoms with E-state index in [0.717, 1.165) is 37.3 Å². The molecular formula is C20H27FN4O2. The molecular weight excluding hydrogens is 347 g/mol. The number of nitrogens with one attached hydrogen (secondary N) is 1. The Labute approximate surface area is 159 Å². The van der Waals surface area contributed by atoms with Crippen molar-refractivity contribution in [1.82, 2.24) is 20.4 Å². The van der Waals surface area contributed by atoms with E-state index in [2.05, 4.69) is 20.4 Å². The van der Waals surface area contributed by atoms with Crippen LogP contribution in [0.25, 0.3) is 0 Å². The fraction of sp³-hybridized carbons (Fsp3) is 0.550. The Kier molecular flexibility index (Phi) is 6.55. The molecule has 1 fully saturated rings. The predicted molar refractivity (Wildman–Crippen MR) is 99.9 cm³/mol. The van der Waals surface area contributed by atoms with Gasteiger partial charge in [-0.3, -0.25) is 9.69 Å². The molecule has 2 heterocycles. The molecule has 1 atom stereocenters. The van der Waals surface area contributed by atoms with Gasteiger partial charge in [0.25, 0.3) is 0 Å². The number of hydrogen-bond acceptors (Lipinski definition) is 5. The summed E-state index contributed by atoms with van der Waals surface area (Å²) in [5.74, 6) is 1.61. The predicted octanol–water partition coefficient (Wildman–Crippen LogP) is 2.87. The Balaban J connectivity index is 1.43. The molecule has 0 radical (unpaired) electrons. The van der Waals surface area contributed by atoms with Crippen LogP contribution in [0.3, 0.4) is 0 Å². The third kappa shape index (κ3) is 5.60. The third-order valence-corrected chi connectivity index (χ3v) is 4.84. The Morgan fingerprint density at radius 3 is 2.85 bits per heavy atom. The molecule has 1 aliphatic heterocycles. The normalized spacial score (nSPS) is 18.0. The van der Waals surface area contributed by atoms with Crippen molar-refractivity contribution in [3.05, 3.63) is 47.4 Å². The van der Waals surface area contributed by atoms with E-state index in [-0.39, 0.29) is 23.6 Å². The van der Waals surface area contributed by atoms with E-state index in [4.69, 9.17) is 4.52 Å². The van der Waals surface area contributed by atoms with E-state index >= 15 is 0 Å². The van der Waals surface area contributed by atoms with Crippen molar-refractivity contribution in [3.8, 4) is 0 Å². The summed E-state index contributed by atoms with van der Waals surface area (Å²) >= 11 is 0. The highest BCUT2D eigenvalue weighted by molar-refractivity contribution is 5.78. The molecule has 6 nitrogen and oxygen atoms in total. The van der Waals surface area contributed by atoms with E-state index in [1.807, 2.05) is 13.8 Å². The van der Waals surface area contributed by atoms with Crippen LogP contribution in [0.15, 0.2) is 28.8 Å². The second-order valence-electron chi connectivity index (χ2n) is 7.45. The van der Waals surface area contributed by atoms with Crippen LogP contribution in [-0.4, -0.2) is 47.1 Å². The van der Waals surface area contributed by atoms with E-state index in [9.17, 15) is 9.18 Å². The molecule has 0 saturated carbocycles. The maximum Gasteiger partial charge on any atom is 0.234 e. The summed E-state index contributed by atoms with van der Waals surface area (Å²) in [6, 6.07) is 6.36. The minimum absolute atomic E-state index is 0.00570. The molecule has 1 aliphatic rings. The molecule has 1 aromatic heterocycles. The van der Waals surface area contributed by atoms with Crippen LogP contribution in [0.5, 0.6) is 0 Å². The van der Waals surface area contributed by atoms with Crippen molar-refractivity contribution in [2.45, 2.75) is 44.9 Å². The van der Waals surface area contributed by atoms with Crippen molar-refractivity contribution in [2.24, 2.45) is 0 Å². The molecule has 146 valence electrons. The first kappa shape index (κ1) is 19.5. The molecule has 1 N–H and O–H groups in total. The van der Waals surface area contributed by atoms with Crippen LogP contribution in [0.4, 0.5) is 4.39 Å². The van der Waals surface area contributed by atoms with E-state index in [1.54, 1.807) is 12.1 Å². The van der Waals surface area contributed by atoms with Gasteiger partial charge in [-0.2, -0.15) is 4.98 Å². The Morgan fingerprint density at radius 1 is 1.37 bits per heavy atom. The monoisotopic (exact) mass is 374 g/mol. The summed E-state index contributed by atoms with van der Waals surface area (Å²) in [6.07, 6.45) is 2.70. The fourth-order valence-electron chi connectivity index (χ4n) is 3.30. The Morgan fingerprint density at radius 2 is 2.15 bits per heavy atom. The lowest BCUT2D eigenvalue weighted by Gasteiger charge is -2.30. The number of carbonyl (C=O) groups is 1. The minimum atomic E-state index is -0.246. The van der Waals surface area contributed by atoms with Crippen LogP contribution >= 0.6 is 0 Å². The van der Waals surface area contributed by atoms with Crippen LogP contribution in [-0.2, 0) is 11.2 Å². The van der Waals surface area contributed by atoms with Gasteiger partial charge in [-0.1, -0.05) is 31.1 Å². The smallest absolute Gasteiger partial charge is 0.234 e. The van der Waals surface area contributed by atoms with Gasteiger partial charge in [-0.05, 0) is 43.5 Å². The number of carbonyl (C=O) groups excluding carboxylic acids is 1. The number of aromatic nitrogens is 2. The second-order valence-corrected chi connectivity index (χ2v) is 7.45. The van der Waals surface area contributed by atoms with Gasteiger partial charge >= 0.3 is 0 Å². The second kappa shape index (κ2) is 9.08. The van der Waals surface area contributed by atoms with E-state index in [0.29, 0.717) is 25.4 Å². The summed E-state index contributed by atoms with van der Waals surface area (Å²) in [7, 11) is 0. The van der Waals surface area contributed by atoms with Gasteiger partial charge in [0, 0.05) is 19.0 Å². The van der Waals surface area contributed by atoms with Crippen molar-refractivity contribution >= 4 is 5.91 Å². The summed E-state index contributed by atoms with van der Waals surface area (Å²) in [5, 5.41) is 6.99. The average molecular weight is 374 g/mol. The number of amides is 1. The minimum Gasteiger partial charge on any atom is -0.355 e. The first-order chi connectivity index (χ1) is 13.0. The molecule has 2 aromatic rings. The maximum atomic E-state index is 12.9. The number of benzene rings is 1. The molecule has 0 bridgehead atoms. The summed E-state index contributed by atoms with van der Waals surface area (Å²) in [4.78, 5) is 18.9. The highest BCUT2D eigenvalue weighted by atomic mass is 19.1. The van der Waals surface area contributed by atoms with E-state index < -0.39 is 0 Å². The van der Waals surface area contributed by atoms with Crippen LogP contribution in [0.1, 0.15) is 55.8 Å². The molecule has 1 aromatic carbocycles. The van der Waals surface area contributed by atoms with Gasteiger partial charge in [0.05, 0.1) is 12.5 Å². The highest BCUT2D eigenvalue weighted by Gasteiger charge is 2.27. The lowest BCUT2D eigenvalue weighted by Crippen LogP contribution is -2.42. The zero-order valence-corrected chi connectivity index (χ0v) is 15.9. The Hall–Kier alpha value is -2.28. The zero-order chi connectivity index (χ0) is 19.2. The van der Waals surface area contributed by atoms with Gasteiger partial charge in [0.15, 0.2) is 5.82 Å². The highest BCUT2D eigenvalue weighted by Crippen LogP contribution is 2.26. The Bertz CT molecular complexity index is 745. The van der Waals surface area contributed by atoms with Gasteiger partial charge in [-0.25, -0.2) is 4.39 Å². The zero-order valence-electron chi connectivity index (χ0n) is 15.9. The fourth-order valence-corrected chi connectivity index (χ4v) is 3.30. The molecule has 1 saturated heterocycles. The molecule has 0 unspecified atom stereocenters. The molecule has 3 rings (SSSR count). The molecule has 7 heteroatoms. The molecule has 0 spiro atoms. The van der Waals surface area contributed by atoms with Gasteiger partial charge in [0.1, 0.15) is 5.82 Å². The largest absolute Gasteiger partial charge is 0.355 e. The number of hydrogen-bond donors (Lipinski definition) is 1. The molecule has 1 amide bonds. The van der Waals surface area contributed by atoms with Crippen LogP contribution < -0.4 is 5.32 Å². The van der Waals surface area contributed by atoms with Crippen LogP contribution in [0.2, 0.25) is 0 Å². The number of piperidine rings is 1. The number of likely N-dealkylation sites (tertiary alicyclic amines) is 1. The summed E-state index contributed by atoms with van der Waals surface area (Å²) in [5.41, 5.74) is 1.01. The SMILES string of the molecule is CC(C)c1noc([C@H]2CCCN(CC(=O)NCCc3ccc(F)cc3)C2)n1. The summed E-state index contributed by atoms with van der Waals surface area (Å²) in [6.45, 7) is 6.64. The lowest BCUT2D eigenvalue weighted by atomic mass is 9.98. The van der Waals surface area contributed by atoms with Gasteiger partial charge in [0.2, 0.25) is 11.8 Å². The number of rotatable bonds is 7. The average Bonchev–Trinajstić information content (AvgIpc) is 3.14. The molecule has 0 aliphatic carbocycles. The number of nitrogens with zero attached hydrogens (tertiary/aromatic N) is 3. The number of halogens is 1. The first-order valence-corrected chi connectivity index (χ1v) is 9.58. The van der Waals surface area contributed by atoms with Gasteiger partial charge in [-0.15, -0.1) is 0 Å². The van der Waals surface area contributed by atoms with Crippen molar-refractivity contribution in [1.29, 1.82) is 0 Å². The van der Waals surface area contributed by atoms with Gasteiger partial charge < -0.3 is 9.84 Å². The standard InChI is InChI=1S/C20H27FN4O2/c1-14(2)19-23-20(27-24-19)16-4-3-11-25(12-16)13-18(26)22-10-9-15-5-7-17(21)8-6-15/h5-8,14,16H,3-4,9-13H2,1-2H3,(H,22,26)/t16-/m0/s1. The first-order valence-electron chi connectivity index (χ1n) is 9.58. The lowest BCUT2D eigenvalue weighted by molar-refractivity contribution is -0.122. The maximum absolute atomic E-state index is 12.9. The van der Waals surface area contributed by atoms with Crippen molar-refractivity contribution in [3.63, 3.8) is 0 Å². The van der Waals surface area contributed by atoms with Crippen molar-refractivity contribution in [2.75, 3.05) is 26.2 Å². The van der Waals surface area contributed by atoms with Crippen molar-refractivity contribution < 1.29 is 13.7 Å². The summed E-state index contributed by atoms with van der Waals surface area (Å²) < 4.78 is 18.3. The third-order valence-electron chi connectivity index (χ3n) is 4.84. The topological polar surface area (TPSA) is 71.3 Å². The molecule has 27 heavy (non-hydrogen) atoms.